The van der Waals surface area contributed by atoms with Crippen LogP contribution in [0.25, 0.3) is 11.0 Å². The van der Waals surface area contributed by atoms with Crippen LogP contribution in [0.15, 0.2) is 53.3 Å². The first-order chi connectivity index (χ1) is 12.2. The maximum atomic E-state index is 12.1. The van der Waals surface area contributed by atoms with Gasteiger partial charge >= 0.3 is 0 Å². The molecule has 0 radical (unpaired) electrons. The van der Waals surface area contributed by atoms with Crippen LogP contribution in [0.4, 0.5) is 0 Å². The number of fused-ring (bicyclic) bond motifs is 1. The highest BCUT2D eigenvalue weighted by atomic mass is 16.5. The van der Waals surface area contributed by atoms with Gasteiger partial charge in [0, 0.05) is 24.9 Å². The second kappa shape index (κ2) is 7.61. The molecular weight excluding hydrogens is 318 g/mol. The number of hydrogen-bond acceptors (Lipinski definition) is 4. The van der Waals surface area contributed by atoms with E-state index in [9.17, 15) is 9.59 Å². The third-order valence-electron chi connectivity index (χ3n) is 3.93. The van der Waals surface area contributed by atoms with Crippen LogP contribution in [-0.2, 0) is 17.8 Å². The molecule has 1 heterocycles. The monoisotopic (exact) mass is 337 g/mol. The lowest BCUT2D eigenvalue weighted by Gasteiger charge is -2.09. The number of aromatic nitrogens is 2. The summed E-state index contributed by atoms with van der Waals surface area (Å²) in [5, 5.41) is 2.84. The van der Waals surface area contributed by atoms with Crippen molar-refractivity contribution >= 4 is 16.9 Å². The normalized spacial score (nSPS) is 10.6. The Hall–Kier alpha value is -3.15. The maximum absolute atomic E-state index is 12.1. The van der Waals surface area contributed by atoms with Gasteiger partial charge in [-0.25, -0.2) is 4.98 Å². The van der Waals surface area contributed by atoms with Crippen molar-refractivity contribution in [2.24, 2.45) is 0 Å². The van der Waals surface area contributed by atoms with E-state index in [1.54, 1.807) is 13.2 Å². The number of hydrogen-bond donors (Lipinski definition) is 2. The largest absolute Gasteiger partial charge is 0.496 e. The van der Waals surface area contributed by atoms with Gasteiger partial charge in [-0.1, -0.05) is 30.3 Å². The Balaban J connectivity index is 1.61. The first-order valence-electron chi connectivity index (χ1n) is 8.04. The first kappa shape index (κ1) is 16.7. The molecule has 1 aromatic heterocycles. The van der Waals surface area contributed by atoms with Crippen LogP contribution in [-0.4, -0.2) is 23.0 Å². The second-order valence-corrected chi connectivity index (χ2v) is 5.62. The molecule has 2 aromatic carbocycles. The molecule has 0 aliphatic heterocycles. The number of amides is 1. The zero-order valence-electron chi connectivity index (χ0n) is 13.9. The van der Waals surface area contributed by atoms with Gasteiger partial charge in [0.15, 0.2) is 0 Å². The number of benzene rings is 2. The van der Waals surface area contributed by atoms with Crippen molar-refractivity contribution in [3.63, 3.8) is 0 Å². The van der Waals surface area contributed by atoms with Crippen LogP contribution >= 0.6 is 0 Å². The topological polar surface area (TPSA) is 84.1 Å². The SMILES string of the molecule is COc1ccccc1CNC(=O)CCc1nc2ccccc2[nH]c1=O. The molecule has 6 nitrogen and oxygen atoms in total. The molecular formula is C19H19N3O3. The zero-order valence-corrected chi connectivity index (χ0v) is 13.9. The molecule has 3 rings (SSSR count). The number of para-hydroxylation sites is 3. The molecule has 0 fully saturated rings. The molecule has 0 bridgehead atoms. The van der Waals surface area contributed by atoms with Gasteiger partial charge in [-0.3, -0.25) is 9.59 Å². The Kier molecular flexibility index (Phi) is 5.09. The minimum absolute atomic E-state index is 0.139. The molecule has 0 unspecified atom stereocenters. The van der Waals surface area contributed by atoms with Gasteiger partial charge in [0.1, 0.15) is 11.4 Å². The Labute approximate surface area is 144 Å². The number of aromatic amines is 1. The minimum Gasteiger partial charge on any atom is -0.496 e. The van der Waals surface area contributed by atoms with Gasteiger partial charge < -0.3 is 15.0 Å². The molecule has 2 N–H and O–H groups in total. The lowest BCUT2D eigenvalue weighted by atomic mass is 10.2. The van der Waals surface area contributed by atoms with Crippen LogP contribution < -0.4 is 15.6 Å². The minimum atomic E-state index is -0.253. The fourth-order valence-electron chi connectivity index (χ4n) is 2.60. The summed E-state index contributed by atoms with van der Waals surface area (Å²) in [4.78, 5) is 31.3. The summed E-state index contributed by atoms with van der Waals surface area (Å²) in [5.74, 6) is 0.593. The van der Waals surface area contributed by atoms with Crippen molar-refractivity contribution in [2.75, 3.05) is 7.11 Å². The number of ether oxygens (including phenoxy) is 1. The predicted octanol–water partition coefficient (Wildman–Crippen LogP) is 2.18. The molecule has 0 spiro atoms. The van der Waals surface area contributed by atoms with Crippen LogP contribution in [0.3, 0.4) is 0 Å². The van der Waals surface area contributed by atoms with E-state index < -0.39 is 0 Å². The standard InChI is InChI=1S/C19H19N3O3/c1-25-17-9-5-2-6-13(17)12-20-18(23)11-10-16-19(24)22-15-8-4-3-7-14(15)21-16/h2-9H,10-12H2,1H3,(H,20,23)(H,22,24). The highest BCUT2D eigenvalue weighted by Crippen LogP contribution is 2.16. The fourth-order valence-corrected chi connectivity index (χ4v) is 2.60. The van der Waals surface area contributed by atoms with E-state index in [0.29, 0.717) is 23.3 Å². The molecule has 128 valence electrons. The average molecular weight is 337 g/mol. The maximum Gasteiger partial charge on any atom is 0.270 e. The number of nitrogens with zero attached hydrogens (tertiary/aromatic N) is 1. The number of rotatable bonds is 6. The van der Waals surface area contributed by atoms with Crippen LogP contribution in [0.2, 0.25) is 0 Å². The van der Waals surface area contributed by atoms with Crippen molar-refractivity contribution in [2.45, 2.75) is 19.4 Å². The lowest BCUT2D eigenvalue weighted by Crippen LogP contribution is -2.25. The summed E-state index contributed by atoms with van der Waals surface area (Å²) in [7, 11) is 1.60. The Morgan fingerprint density at radius 3 is 2.76 bits per heavy atom. The molecule has 0 aliphatic rings. The summed E-state index contributed by atoms with van der Waals surface area (Å²) in [6.07, 6.45) is 0.488. The molecule has 0 saturated carbocycles. The summed E-state index contributed by atoms with van der Waals surface area (Å²) >= 11 is 0. The lowest BCUT2D eigenvalue weighted by molar-refractivity contribution is -0.121. The highest BCUT2D eigenvalue weighted by molar-refractivity contribution is 5.76. The first-order valence-corrected chi connectivity index (χ1v) is 8.04. The molecule has 3 aromatic rings. The van der Waals surface area contributed by atoms with E-state index in [1.807, 2.05) is 42.5 Å². The van der Waals surface area contributed by atoms with Crippen molar-refractivity contribution in [1.29, 1.82) is 0 Å². The number of carbonyl (C=O) groups excluding carboxylic acids is 1. The van der Waals surface area contributed by atoms with Gasteiger partial charge in [0.25, 0.3) is 5.56 Å². The van der Waals surface area contributed by atoms with Gasteiger partial charge in [-0.15, -0.1) is 0 Å². The summed E-state index contributed by atoms with van der Waals surface area (Å²) in [5.41, 5.74) is 2.42. The fraction of sp³-hybridized carbons (Fsp3) is 0.211. The smallest absolute Gasteiger partial charge is 0.270 e. The number of H-pyrrole nitrogens is 1. The van der Waals surface area contributed by atoms with Crippen molar-refractivity contribution in [3.05, 3.63) is 70.1 Å². The number of aryl methyl sites for hydroxylation is 1. The molecule has 0 aliphatic carbocycles. The average Bonchev–Trinajstić information content (AvgIpc) is 2.64. The summed E-state index contributed by atoms with van der Waals surface area (Å²) in [6, 6.07) is 14.8. The predicted molar refractivity (Wildman–Crippen MR) is 95.5 cm³/mol. The van der Waals surface area contributed by atoms with Gasteiger partial charge in [0.2, 0.25) is 5.91 Å². The third-order valence-corrected chi connectivity index (χ3v) is 3.93. The van der Waals surface area contributed by atoms with Gasteiger partial charge in [-0.2, -0.15) is 0 Å². The van der Waals surface area contributed by atoms with Crippen molar-refractivity contribution in [1.82, 2.24) is 15.3 Å². The molecule has 25 heavy (non-hydrogen) atoms. The molecule has 6 heteroatoms. The number of nitrogens with one attached hydrogen (secondary N) is 2. The van der Waals surface area contributed by atoms with Gasteiger partial charge in [-0.05, 0) is 18.2 Å². The molecule has 0 atom stereocenters. The Morgan fingerprint density at radius 2 is 1.92 bits per heavy atom. The Morgan fingerprint density at radius 1 is 1.16 bits per heavy atom. The number of carbonyl (C=O) groups is 1. The van der Waals surface area contributed by atoms with E-state index >= 15 is 0 Å². The van der Waals surface area contributed by atoms with Gasteiger partial charge in [0.05, 0.1) is 18.1 Å². The van der Waals surface area contributed by atoms with E-state index in [4.69, 9.17) is 4.74 Å². The molecule has 1 amide bonds. The van der Waals surface area contributed by atoms with Crippen LogP contribution in [0, 0.1) is 0 Å². The van der Waals surface area contributed by atoms with Crippen molar-refractivity contribution < 1.29 is 9.53 Å². The van der Waals surface area contributed by atoms with Crippen LogP contribution in [0.5, 0.6) is 5.75 Å². The summed E-state index contributed by atoms with van der Waals surface area (Å²) in [6.45, 7) is 0.379. The Bertz CT molecular complexity index is 950. The van der Waals surface area contributed by atoms with E-state index in [1.165, 1.54) is 0 Å². The second-order valence-electron chi connectivity index (χ2n) is 5.62. The van der Waals surface area contributed by atoms with Crippen molar-refractivity contribution in [3.8, 4) is 5.75 Å². The molecule has 0 saturated heterocycles. The van der Waals surface area contributed by atoms with E-state index in [-0.39, 0.29) is 24.3 Å². The highest BCUT2D eigenvalue weighted by Gasteiger charge is 2.09. The third kappa shape index (κ3) is 4.03. The zero-order chi connectivity index (χ0) is 17.6. The summed E-state index contributed by atoms with van der Waals surface area (Å²) < 4.78 is 5.26. The van der Waals surface area contributed by atoms with E-state index in [0.717, 1.165) is 11.3 Å². The number of methoxy groups -OCH3 is 1. The quantitative estimate of drug-likeness (QED) is 0.722. The van der Waals surface area contributed by atoms with Crippen LogP contribution in [0.1, 0.15) is 17.7 Å². The van der Waals surface area contributed by atoms with E-state index in [2.05, 4.69) is 15.3 Å².